The Balaban J connectivity index is 1.48. The van der Waals surface area contributed by atoms with E-state index in [1.807, 2.05) is 12.1 Å². The highest BCUT2D eigenvalue weighted by Gasteiger charge is 2.36. The van der Waals surface area contributed by atoms with Crippen molar-refractivity contribution in [2.24, 2.45) is 11.8 Å². The van der Waals surface area contributed by atoms with Gasteiger partial charge in [-0.2, -0.15) is 0 Å². The first kappa shape index (κ1) is 19.0. The average molecular weight is 390 g/mol. The molecule has 0 radical (unpaired) electrons. The molecule has 2 aromatic carbocycles. The highest BCUT2D eigenvalue weighted by molar-refractivity contribution is 5.51. The highest BCUT2D eigenvalue weighted by atomic mass is 16.3. The number of hydrogen-bond donors (Lipinski definition) is 1. The number of nitrogens with zero attached hydrogens (tertiary/aromatic N) is 1. The molecule has 3 aliphatic rings. The van der Waals surface area contributed by atoms with Crippen LogP contribution in [0.4, 0.5) is 5.69 Å². The fourth-order valence-corrected chi connectivity index (χ4v) is 6.37. The van der Waals surface area contributed by atoms with Crippen molar-refractivity contribution in [1.82, 2.24) is 0 Å². The van der Waals surface area contributed by atoms with Gasteiger partial charge in [0.1, 0.15) is 5.75 Å². The average Bonchev–Trinajstić information content (AvgIpc) is 2.79. The Hall–Kier alpha value is -1.96. The molecule has 29 heavy (non-hydrogen) atoms. The maximum Gasteiger partial charge on any atom is 0.115 e. The predicted octanol–water partition coefficient (Wildman–Crippen LogP) is 6.66. The number of fused-ring (bicyclic) bond motifs is 1. The molecule has 2 nitrogen and oxygen atoms in total. The Morgan fingerprint density at radius 3 is 2.24 bits per heavy atom. The molecule has 0 aromatic heterocycles. The minimum atomic E-state index is 0.416. The van der Waals surface area contributed by atoms with Crippen molar-refractivity contribution < 1.29 is 5.11 Å². The van der Waals surface area contributed by atoms with E-state index in [-0.39, 0.29) is 0 Å². The summed E-state index contributed by atoms with van der Waals surface area (Å²) in [7, 11) is 0. The topological polar surface area (TPSA) is 23.5 Å². The number of aromatic hydroxyl groups is 1. The molecule has 2 aliphatic carbocycles. The van der Waals surface area contributed by atoms with Gasteiger partial charge in [-0.3, -0.25) is 0 Å². The van der Waals surface area contributed by atoms with Gasteiger partial charge in [0.15, 0.2) is 0 Å². The summed E-state index contributed by atoms with van der Waals surface area (Å²) in [6, 6.07) is 15.7. The molecule has 1 saturated heterocycles. The van der Waals surface area contributed by atoms with E-state index in [4.69, 9.17) is 0 Å². The molecule has 1 heterocycles. The van der Waals surface area contributed by atoms with Gasteiger partial charge >= 0.3 is 0 Å². The van der Waals surface area contributed by atoms with Gasteiger partial charge in [-0.15, -0.1) is 0 Å². The fourth-order valence-electron chi connectivity index (χ4n) is 6.37. The highest BCUT2D eigenvalue weighted by Crippen LogP contribution is 2.48. The second-order valence-electron chi connectivity index (χ2n) is 9.60. The van der Waals surface area contributed by atoms with Crippen molar-refractivity contribution >= 4 is 5.69 Å². The van der Waals surface area contributed by atoms with Gasteiger partial charge in [-0.05, 0) is 84.9 Å². The number of anilines is 1. The quantitative estimate of drug-likeness (QED) is 0.634. The summed E-state index contributed by atoms with van der Waals surface area (Å²) in [5.41, 5.74) is 5.70. The van der Waals surface area contributed by atoms with E-state index in [1.165, 1.54) is 93.3 Å². The molecule has 2 heteroatoms. The standard InChI is InChI=1S/C27H35NO/c29-24-14-16-26-22(19-24)11-15-25(20-7-3-1-4-8-20)27(26)21-9-12-23(13-10-21)28-17-5-2-6-18-28/h9-10,12-14,16,19-20,25,27,29H,1-8,11,15,17-18H2/t25-,27+/m0/s1. The van der Waals surface area contributed by atoms with Gasteiger partial charge in [-0.25, -0.2) is 0 Å². The van der Waals surface area contributed by atoms with Gasteiger partial charge in [-0.1, -0.05) is 50.3 Å². The first-order valence-electron chi connectivity index (χ1n) is 12.0. The summed E-state index contributed by atoms with van der Waals surface area (Å²) < 4.78 is 0. The van der Waals surface area contributed by atoms with Crippen molar-refractivity contribution in [3.63, 3.8) is 0 Å². The zero-order chi connectivity index (χ0) is 19.6. The molecule has 0 amide bonds. The van der Waals surface area contributed by atoms with E-state index in [2.05, 4.69) is 35.2 Å². The smallest absolute Gasteiger partial charge is 0.115 e. The monoisotopic (exact) mass is 389 g/mol. The van der Waals surface area contributed by atoms with Crippen molar-refractivity contribution in [1.29, 1.82) is 0 Å². The first-order chi connectivity index (χ1) is 14.3. The van der Waals surface area contributed by atoms with E-state index in [0.29, 0.717) is 11.7 Å². The second kappa shape index (κ2) is 8.42. The molecular weight excluding hydrogens is 354 g/mol. The summed E-state index contributed by atoms with van der Waals surface area (Å²) in [5, 5.41) is 10.0. The third kappa shape index (κ3) is 3.91. The van der Waals surface area contributed by atoms with Crippen LogP contribution in [0.15, 0.2) is 42.5 Å². The zero-order valence-electron chi connectivity index (χ0n) is 17.7. The van der Waals surface area contributed by atoms with E-state index in [9.17, 15) is 5.11 Å². The van der Waals surface area contributed by atoms with Crippen LogP contribution in [0.5, 0.6) is 5.75 Å². The van der Waals surface area contributed by atoms with Crippen LogP contribution in [-0.2, 0) is 6.42 Å². The molecule has 0 spiro atoms. The lowest BCUT2D eigenvalue weighted by Gasteiger charge is -2.41. The normalized spacial score (nSPS) is 25.6. The van der Waals surface area contributed by atoms with Crippen LogP contribution in [0.1, 0.15) is 80.4 Å². The van der Waals surface area contributed by atoms with Gasteiger partial charge in [0.25, 0.3) is 0 Å². The van der Waals surface area contributed by atoms with Gasteiger partial charge in [0.05, 0.1) is 0 Å². The third-order valence-electron chi connectivity index (χ3n) is 7.87. The summed E-state index contributed by atoms with van der Waals surface area (Å²) in [5.74, 6) is 2.50. The second-order valence-corrected chi connectivity index (χ2v) is 9.60. The lowest BCUT2D eigenvalue weighted by Crippen LogP contribution is -2.30. The van der Waals surface area contributed by atoms with Crippen LogP contribution in [0.2, 0.25) is 0 Å². The lowest BCUT2D eigenvalue weighted by molar-refractivity contribution is 0.208. The van der Waals surface area contributed by atoms with Crippen molar-refractivity contribution in [2.45, 2.75) is 70.1 Å². The van der Waals surface area contributed by atoms with Crippen LogP contribution in [-0.4, -0.2) is 18.2 Å². The lowest BCUT2D eigenvalue weighted by atomic mass is 9.64. The van der Waals surface area contributed by atoms with Crippen LogP contribution < -0.4 is 4.90 Å². The van der Waals surface area contributed by atoms with Gasteiger partial charge in [0, 0.05) is 24.7 Å². The van der Waals surface area contributed by atoms with E-state index < -0.39 is 0 Å². The Morgan fingerprint density at radius 1 is 0.759 bits per heavy atom. The van der Waals surface area contributed by atoms with Crippen molar-refractivity contribution in [3.05, 3.63) is 59.2 Å². The summed E-state index contributed by atoms with van der Waals surface area (Å²) in [6.07, 6.45) is 13.4. The number of rotatable bonds is 3. The molecule has 1 saturated carbocycles. The molecule has 5 rings (SSSR count). The van der Waals surface area contributed by atoms with E-state index in [1.54, 1.807) is 0 Å². The number of hydrogen-bond acceptors (Lipinski definition) is 2. The molecule has 0 unspecified atom stereocenters. The Kier molecular flexibility index (Phi) is 5.52. The number of phenols is 1. The molecule has 154 valence electrons. The molecule has 1 aliphatic heterocycles. The van der Waals surface area contributed by atoms with Crippen LogP contribution in [0.3, 0.4) is 0 Å². The first-order valence-corrected chi connectivity index (χ1v) is 12.0. The van der Waals surface area contributed by atoms with Crippen molar-refractivity contribution in [2.75, 3.05) is 18.0 Å². The molecule has 2 atom stereocenters. The molecular formula is C27H35NO. The fraction of sp³-hybridized carbons (Fsp3) is 0.556. The molecule has 2 fully saturated rings. The Bertz CT molecular complexity index is 815. The predicted molar refractivity (Wildman–Crippen MR) is 121 cm³/mol. The number of aryl methyl sites for hydroxylation is 1. The number of benzene rings is 2. The maximum atomic E-state index is 10.0. The van der Waals surface area contributed by atoms with Crippen LogP contribution in [0.25, 0.3) is 0 Å². The molecule has 0 bridgehead atoms. The summed E-state index contributed by atoms with van der Waals surface area (Å²) in [4.78, 5) is 2.55. The minimum absolute atomic E-state index is 0.416. The van der Waals surface area contributed by atoms with Crippen molar-refractivity contribution in [3.8, 4) is 5.75 Å². The van der Waals surface area contributed by atoms with E-state index >= 15 is 0 Å². The Morgan fingerprint density at radius 2 is 1.48 bits per heavy atom. The number of phenolic OH excluding ortho intramolecular Hbond substituents is 1. The SMILES string of the molecule is Oc1ccc2c(c1)CC[C@@H](C1CCCCC1)[C@H]2c1ccc(N2CCCCC2)cc1. The summed E-state index contributed by atoms with van der Waals surface area (Å²) in [6.45, 7) is 2.41. The number of piperidine rings is 1. The largest absolute Gasteiger partial charge is 0.508 e. The third-order valence-corrected chi connectivity index (χ3v) is 7.87. The summed E-state index contributed by atoms with van der Waals surface area (Å²) >= 11 is 0. The van der Waals surface area contributed by atoms with Gasteiger partial charge in [0.2, 0.25) is 0 Å². The zero-order valence-corrected chi connectivity index (χ0v) is 17.7. The molecule has 1 N–H and O–H groups in total. The maximum absolute atomic E-state index is 10.0. The Labute approximate surface area is 175 Å². The van der Waals surface area contributed by atoms with Crippen LogP contribution in [0, 0.1) is 11.8 Å². The van der Waals surface area contributed by atoms with Crippen LogP contribution >= 0.6 is 0 Å². The molecule has 2 aromatic rings. The van der Waals surface area contributed by atoms with E-state index in [0.717, 1.165) is 18.3 Å². The van der Waals surface area contributed by atoms with Gasteiger partial charge < -0.3 is 10.0 Å². The minimum Gasteiger partial charge on any atom is -0.508 e.